The van der Waals surface area contributed by atoms with Gasteiger partial charge in [-0.3, -0.25) is 0 Å². The van der Waals surface area contributed by atoms with E-state index < -0.39 is 12.1 Å². The van der Waals surface area contributed by atoms with E-state index in [-0.39, 0.29) is 17.9 Å². The Labute approximate surface area is 93.1 Å². The van der Waals surface area contributed by atoms with Crippen molar-refractivity contribution in [3.63, 3.8) is 0 Å². The minimum Gasteiger partial charge on any atom is -0.478 e. The summed E-state index contributed by atoms with van der Waals surface area (Å²) in [5.41, 5.74) is 11.2. The zero-order chi connectivity index (χ0) is 12.7. The van der Waals surface area contributed by atoms with Crippen molar-refractivity contribution in [2.75, 3.05) is 18.1 Å². The van der Waals surface area contributed by atoms with Crippen LogP contribution in [0.15, 0.2) is 18.2 Å². The Bertz CT molecular complexity index is 353. The van der Waals surface area contributed by atoms with Gasteiger partial charge in [0.05, 0.1) is 29.6 Å². The molecule has 0 aromatic heterocycles. The SMILES string of the molecule is CC(O)CO.Nc1cccc(C(=O)O)c1N. The summed E-state index contributed by atoms with van der Waals surface area (Å²) in [7, 11) is 0. The van der Waals surface area contributed by atoms with Gasteiger partial charge in [0.25, 0.3) is 0 Å². The molecule has 7 N–H and O–H groups in total. The molecule has 6 nitrogen and oxygen atoms in total. The lowest BCUT2D eigenvalue weighted by Crippen LogP contribution is -2.04. The van der Waals surface area contributed by atoms with Gasteiger partial charge in [0.1, 0.15) is 0 Å². The molecule has 0 spiro atoms. The number of carbonyl (C=O) groups is 1. The maximum absolute atomic E-state index is 10.4. The zero-order valence-electron chi connectivity index (χ0n) is 8.92. The van der Waals surface area contributed by atoms with Crippen molar-refractivity contribution in [3.05, 3.63) is 23.8 Å². The molecule has 0 fully saturated rings. The second kappa shape index (κ2) is 6.65. The molecule has 1 aromatic carbocycles. The van der Waals surface area contributed by atoms with Crippen molar-refractivity contribution in [3.8, 4) is 0 Å². The highest BCUT2D eigenvalue weighted by Gasteiger charge is 2.07. The van der Waals surface area contributed by atoms with Crippen molar-refractivity contribution in [1.82, 2.24) is 0 Å². The van der Waals surface area contributed by atoms with Crippen LogP contribution in [-0.2, 0) is 0 Å². The highest BCUT2D eigenvalue weighted by atomic mass is 16.4. The number of hydrogen-bond donors (Lipinski definition) is 5. The first-order chi connectivity index (χ1) is 7.40. The van der Waals surface area contributed by atoms with Crippen molar-refractivity contribution < 1.29 is 20.1 Å². The third kappa shape index (κ3) is 4.63. The standard InChI is InChI=1S/C7H8N2O2.C3H8O2/c8-5-3-1-2-4(6(5)9)7(10)11;1-3(5)2-4/h1-3H,8-9H2,(H,10,11);3-5H,2H2,1H3. The van der Waals surface area contributed by atoms with Gasteiger partial charge in [-0.25, -0.2) is 4.79 Å². The van der Waals surface area contributed by atoms with Gasteiger partial charge in [0, 0.05) is 0 Å². The van der Waals surface area contributed by atoms with Crippen molar-refractivity contribution in [2.24, 2.45) is 0 Å². The lowest BCUT2D eigenvalue weighted by atomic mass is 10.1. The maximum atomic E-state index is 10.4. The van der Waals surface area contributed by atoms with Gasteiger partial charge >= 0.3 is 5.97 Å². The van der Waals surface area contributed by atoms with Crippen LogP contribution in [0.5, 0.6) is 0 Å². The molecule has 0 heterocycles. The summed E-state index contributed by atoms with van der Waals surface area (Å²) in [6.45, 7) is 1.39. The fourth-order valence-electron chi connectivity index (χ4n) is 0.770. The molecule has 0 saturated heterocycles. The molecular formula is C10H16N2O4. The number of aromatic carboxylic acids is 1. The molecule has 0 saturated carbocycles. The summed E-state index contributed by atoms with van der Waals surface area (Å²) in [6.07, 6.45) is -0.560. The summed E-state index contributed by atoms with van der Waals surface area (Å²) in [4.78, 5) is 10.4. The van der Waals surface area contributed by atoms with Crippen LogP contribution < -0.4 is 11.5 Å². The van der Waals surface area contributed by atoms with Crippen LogP contribution in [0.4, 0.5) is 11.4 Å². The number of aliphatic hydroxyl groups excluding tert-OH is 2. The monoisotopic (exact) mass is 228 g/mol. The number of aliphatic hydroxyl groups is 2. The lowest BCUT2D eigenvalue weighted by molar-refractivity contribution is 0.0698. The Morgan fingerprint density at radius 3 is 2.25 bits per heavy atom. The third-order valence-corrected chi connectivity index (χ3v) is 1.63. The molecule has 0 aliphatic rings. The van der Waals surface area contributed by atoms with E-state index in [1.807, 2.05) is 0 Å². The fraction of sp³-hybridized carbons (Fsp3) is 0.300. The van der Waals surface area contributed by atoms with Crippen molar-refractivity contribution >= 4 is 17.3 Å². The number of nitrogens with two attached hydrogens (primary N) is 2. The van der Waals surface area contributed by atoms with Crippen LogP contribution in [0.1, 0.15) is 17.3 Å². The topological polar surface area (TPSA) is 130 Å². The van der Waals surface area contributed by atoms with E-state index in [1.165, 1.54) is 13.0 Å². The van der Waals surface area contributed by atoms with Crippen LogP contribution in [0.2, 0.25) is 0 Å². The second-order valence-corrected chi connectivity index (χ2v) is 3.15. The molecule has 1 aromatic rings. The number of hydrogen-bond acceptors (Lipinski definition) is 5. The van der Waals surface area contributed by atoms with Gasteiger partial charge in [-0.05, 0) is 19.1 Å². The highest BCUT2D eigenvalue weighted by molar-refractivity contribution is 5.96. The normalized spacial score (nSPS) is 11.2. The van der Waals surface area contributed by atoms with Crippen molar-refractivity contribution in [2.45, 2.75) is 13.0 Å². The minimum atomic E-state index is -1.06. The van der Waals surface area contributed by atoms with Gasteiger partial charge < -0.3 is 26.8 Å². The summed E-state index contributed by atoms with van der Waals surface area (Å²) in [6, 6.07) is 4.52. The average molecular weight is 228 g/mol. The number of carboxylic acids is 1. The van der Waals surface area contributed by atoms with E-state index in [0.717, 1.165) is 0 Å². The van der Waals surface area contributed by atoms with Gasteiger partial charge in [0.2, 0.25) is 0 Å². The molecule has 1 unspecified atom stereocenters. The molecule has 16 heavy (non-hydrogen) atoms. The predicted octanol–water partition coefficient (Wildman–Crippen LogP) is -0.0913. The van der Waals surface area contributed by atoms with Crippen LogP contribution >= 0.6 is 0 Å². The lowest BCUT2D eigenvalue weighted by Gasteiger charge is -2.01. The number of benzene rings is 1. The first-order valence-electron chi connectivity index (χ1n) is 4.56. The van der Waals surface area contributed by atoms with Crippen LogP contribution in [0.3, 0.4) is 0 Å². The number of anilines is 2. The molecule has 0 bridgehead atoms. The van der Waals surface area contributed by atoms with Gasteiger partial charge in [-0.1, -0.05) is 6.07 Å². The fourth-order valence-corrected chi connectivity index (χ4v) is 0.770. The molecule has 0 aliphatic carbocycles. The molecule has 0 radical (unpaired) electrons. The Kier molecular flexibility index (Phi) is 5.91. The van der Waals surface area contributed by atoms with E-state index >= 15 is 0 Å². The maximum Gasteiger partial charge on any atom is 0.337 e. The van der Waals surface area contributed by atoms with Crippen LogP contribution in [0.25, 0.3) is 0 Å². The minimum absolute atomic E-state index is 0.0463. The molecule has 90 valence electrons. The van der Waals surface area contributed by atoms with Crippen LogP contribution in [0, 0.1) is 0 Å². The molecule has 6 heteroatoms. The van der Waals surface area contributed by atoms with E-state index in [9.17, 15) is 4.79 Å². The highest BCUT2D eigenvalue weighted by Crippen LogP contribution is 2.18. The van der Waals surface area contributed by atoms with Gasteiger partial charge in [0.15, 0.2) is 0 Å². The third-order valence-electron chi connectivity index (χ3n) is 1.63. The smallest absolute Gasteiger partial charge is 0.337 e. The Hall–Kier alpha value is -1.79. The first kappa shape index (κ1) is 14.2. The molecule has 1 atom stereocenters. The van der Waals surface area contributed by atoms with E-state index in [2.05, 4.69) is 0 Å². The molecular weight excluding hydrogens is 212 g/mol. The summed E-state index contributed by atoms with van der Waals surface area (Å²) < 4.78 is 0. The van der Waals surface area contributed by atoms with E-state index in [0.29, 0.717) is 5.69 Å². The van der Waals surface area contributed by atoms with Gasteiger partial charge in [-0.15, -0.1) is 0 Å². The van der Waals surface area contributed by atoms with Gasteiger partial charge in [-0.2, -0.15) is 0 Å². The Morgan fingerprint density at radius 1 is 1.44 bits per heavy atom. The zero-order valence-corrected chi connectivity index (χ0v) is 8.92. The quantitative estimate of drug-likeness (QED) is 0.450. The summed E-state index contributed by atoms with van der Waals surface area (Å²) in [5.74, 6) is -1.06. The number of rotatable bonds is 2. The number of para-hydroxylation sites is 1. The molecule has 0 aliphatic heterocycles. The Morgan fingerprint density at radius 2 is 1.94 bits per heavy atom. The van der Waals surface area contributed by atoms with E-state index in [1.54, 1.807) is 12.1 Å². The van der Waals surface area contributed by atoms with Crippen LogP contribution in [-0.4, -0.2) is 34.0 Å². The predicted molar refractivity (Wildman–Crippen MR) is 61.0 cm³/mol. The average Bonchev–Trinajstić information content (AvgIpc) is 2.22. The summed E-state index contributed by atoms with van der Waals surface area (Å²) >= 11 is 0. The number of nitrogen functional groups attached to an aromatic ring is 2. The Balaban J connectivity index is 0.000000385. The largest absolute Gasteiger partial charge is 0.478 e. The summed E-state index contributed by atoms with van der Waals surface area (Å²) in [5, 5.41) is 24.6. The van der Waals surface area contributed by atoms with E-state index in [4.69, 9.17) is 26.8 Å². The van der Waals surface area contributed by atoms with Crippen molar-refractivity contribution in [1.29, 1.82) is 0 Å². The number of carboxylic acid groups (broad SMARTS) is 1. The second-order valence-electron chi connectivity index (χ2n) is 3.15. The first-order valence-corrected chi connectivity index (χ1v) is 4.56. The molecule has 1 rings (SSSR count). The molecule has 0 amide bonds.